The van der Waals surface area contributed by atoms with E-state index in [2.05, 4.69) is 0 Å². The number of fused-ring (bicyclic) bond motifs is 1. The Hall–Kier alpha value is -0.450. The largest absolute Gasteiger partial charge is 0.366 e. The Kier molecular flexibility index (Phi) is 1.77. The van der Waals surface area contributed by atoms with E-state index in [1.165, 1.54) is 0 Å². The predicted octanol–water partition coefficient (Wildman–Crippen LogP) is 0.0878. The van der Waals surface area contributed by atoms with Gasteiger partial charge in [0, 0.05) is 5.92 Å². The first-order valence-corrected chi connectivity index (χ1v) is 4.46. The van der Waals surface area contributed by atoms with Crippen LogP contribution in [0.5, 0.6) is 0 Å². The molecule has 0 spiro atoms. The van der Waals surface area contributed by atoms with Crippen molar-refractivity contribution in [3.05, 3.63) is 0 Å². The van der Waals surface area contributed by atoms with Crippen molar-refractivity contribution in [2.75, 3.05) is 6.61 Å². The van der Waals surface area contributed by atoms with Gasteiger partial charge in [-0.15, -0.1) is 0 Å². The van der Waals surface area contributed by atoms with Crippen molar-refractivity contribution in [1.29, 1.82) is 0 Å². The fraction of sp³-hybridized carbons (Fsp3) is 0.889. The molecule has 2 heterocycles. The fourth-order valence-electron chi connectivity index (χ4n) is 2.24. The van der Waals surface area contributed by atoms with Crippen LogP contribution in [-0.2, 0) is 14.3 Å². The van der Waals surface area contributed by atoms with Crippen molar-refractivity contribution in [2.24, 2.45) is 5.92 Å². The average molecular weight is 186 g/mol. The van der Waals surface area contributed by atoms with Crippen LogP contribution in [0.15, 0.2) is 0 Å². The molecule has 2 aliphatic heterocycles. The summed E-state index contributed by atoms with van der Waals surface area (Å²) >= 11 is 0. The summed E-state index contributed by atoms with van der Waals surface area (Å²) in [6.07, 6.45) is 0.534. The lowest BCUT2D eigenvalue weighted by molar-refractivity contribution is -0.197. The van der Waals surface area contributed by atoms with Crippen LogP contribution in [-0.4, -0.2) is 35.5 Å². The first kappa shape index (κ1) is 9.12. The van der Waals surface area contributed by atoms with Gasteiger partial charge in [0.25, 0.3) is 0 Å². The molecule has 2 rings (SSSR count). The van der Waals surface area contributed by atoms with Crippen molar-refractivity contribution in [3.8, 4) is 0 Å². The highest BCUT2D eigenvalue weighted by Gasteiger charge is 2.59. The molecular formula is C9H14O4. The second-order valence-electron chi connectivity index (χ2n) is 4.30. The van der Waals surface area contributed by atoms with Crippen LogP contribution in [0.25, 0.3) is 0 Å². The van der Waals surface area contributed by atoms with E-state index in [1.54, 1.807) is 13.8 Å². The van der Waals surface area contributed by atoms with Crippen molar-refractivity contribution >= 4 is 6.29 Å². The van der Waals surface area contributed by atoms with E-state index in [0.717, 1.165) is 6.29 Å². The summed E-state index contributed by atoms with van der Waals surface area (Å²) in [4.78, 5) is 10.8. The summed E-state index contributed by atoms with van der Waals surface area (Å²) in [6.45, 7) is 4.02. The van der Waals surface area contributed by atoms with Gasteiger partial charge in [-0.3, -0.25) is 0 Å². The van der Waals surface area contributed by atoms with Gasteiger partial charge in [-0.05, 0) is 20.3 Å². The number of aliphatic hydroxyl groups is 1. The zero-order chi connectivity index (χ0) is 9.69. The minimum Gasteiger partial charge on any atom is -0.366 e. The fourth-order valence-corrected chi connectivity index (χ4v) is 2.24. The van der Waals surface area contributed by atoms with Crippen molar-refractivity contribution < 1.29 is 19.4 Å². The van der Waals surface area contributed by atoms with Gasteiger partial charge in [0.05, 0.1) is 6.61 Å². The average Bonchev–Trinajstić information content (AvgIpc) is 2.48. The molecular weight excluding hydrogens is 172 g/mol. The van der Waals surface area contributed by atoms with Crippen molar-refractivity contribution in [3.63, 3.8) is 0 Å². The molecule has 0 bridgehead atoms. The minimum atomic E-state index is -0.903. The zero-order valence-corrected chi connectivity index (χ0v) is 7.82. The standard InChI is InChI=1S/C9H14O4/c1-8(5-10)3-6-4-12-7(11)9(6,2)13-8/h5-7,11H,3-4H2,1-2H3/t6-,7?,8+,9-/m0/s1. The second-order valence-corrected chi connectivity index (χ2v) is 4.30. The van der Waals surface area contributed by atoms with Crippen molar-refractivity contribution in [2.45, 2.75) is 37.8 Å². The third-order valence-electron chi connectivity index (χ3n) is 3.11. The molecule has 1 unspecified atom stereocenters. The topological polar surface area (TPSA) is 55.8 Å². The lowest BCUT2D eigenvalue weighted by Crippen LogP contribution is -2.41. The third-order valence-corrected chi connectivity index (χ3v) is 3.11. The Morgan fingerprint density at radius 1 is 1.54 bits per heavy atom. The van der Waals surface area contributed by atoms with Gasteiger partial charge in [-0.25, -0.2) is 0 Å². The SMILES string of the molecule is C[C@]1(C=O)C[C@H]2COC(O)[C@@]2(C)O1. The maximum Gasteiger partial charge on any atom is 0.184 e. The van der Waals surface area contributed by atoms with E-state index >= 15 is 0 Å². The van der Waals surface area contributed by atoms with E-state index in [-0.39, 0.29) is 5.92 Å². The van der Waals surface area contributed by atoms with Gasteiger partial charge in [0.15, 0.2) is 12.6 Å². The van der Waals surface area contributed by atoms with E-state index in [9.17, 15) is 9.90 Å². The molecule has 2 fully saturated rings. The number of hydrogen-bond donors (Lipinski definition) is 1. The Bertz CT molecular complexity index is 242. The number of hydrogen-bond acceptors (Lipinski definition) is 4. The third kappa shape index (κ3) is 1.13. The lowest BCUT2D eigenvalue weighted by Gasteiger charge is -2.27. The molecule has 0 aliphatic carbocycles. The zero-order valence-electron chi connectivity index (χ0n) is 7.82. The molecule has 13 heavy (non-hydrogen) atoms. The van der Waals surface area contributed by atoms with Crippen LogP contribution < -0.4 is 0 Å². The predicted molar refractivity (Wildman–Crippen MR) is 44.0 cm³/mol. The van der Waals surface area contributed by atoms with E-state index in [1.807, 2.05) is 0 Å². The maximum absolute atomic E-state index is 10.8. The molecule has 0 aromatic rings. The highest BCUT2D eigenvalue weighted by Crippen LogP contribution is 2.47. The molecule has 2 aliphatic rings. The van der Waals surface area contributed by atoms with Crippen LogP contribution in [0.1, 0.15) is 20.3 Å². The van der Waals surface area contributed by atoms with Crippen LogP contribution in [0, 0.1) is 5.92 Å². The number of rotatable bonds is 1. The second kappa shape index (κ2) is 2.53. The number of carbonyl (C=O) groups excluding carboxylic acids is 1. The molecule has 0 aromatic heterocycles. The quantitative estimate of drug-likeness (QED) is 0.589. The summed E-state index contributed by atoms with van der Waals surface area (Å²) in [5.41, 5.74) is -1.44. The molecule has 0 amide bonds. The van der Waals surface area contributed by atoms with Crippen molar-refractivity contribution in [1.82, 2.24) is 0 Å². The Morgan fingerprint density at radius 3 is 2.77 bits per heavy atom. The van der Waals surface area contributed by atoms with Crippen LogP contribution >= 0.6 is 0 Å². The minimum absolute atomic E-state index is 0.123. The van der Waals surface area contributed by atoms with Gasteiger partial charge in [-0.2, -0.15) is 0 Å². The normalized spacial score (nSPS) is 55.0. The maximum atomic E-state index is 10.8. The van der Waals surface area contributed by atoms with Crippen LogP contribution in [0.2, 0.25) is 0 Å². The Labute approximate surface area is 76.8 Å². The Balaban J connectivity index is 2.25. The molecule has 4 atom stereocenters. The molecule has 0 aromatic carbocycles. The molecule has 0 radical (unpaired) electrons. The summed E-state index contributed by atoms with van der Waals surface area (Å²) < 4.78 is 10.7. The molecule has 4 heteroatoms. The molecule has 74 valence electrons. The van der Waals surface area contributed by atoms with E-state index in [0.29, 0.717) is 13.0 Å². The molecule has 4 nitrogen and oxygen atoms in total. The molecule has 1 N–H and O–H groups in total. The summed E-state index contributed by atoms with van der Waals surface area (Å²) in [7, 11) is 0. The van der Waals surface area contributed by atoms with Gasteiger partial charge >= 0.3 is 0 Å². The van der Waals surface area contributed by atoms with Crippen LogP contribution in [0.3, 0.4) is 0 Å². The van der Waals surface area contributed by atoms with Gasteiger partial charge in [-0.1, -0.05) is 0 Å². The van der Waals surface area contributed by atoms with Gasteiger partial charge in [0.1, 0.15) is 11.2 Å². The number of aldehydes is 1. The lowest BCUT2D eigenvalue weighted by atomic mass is 9.88. The van der Waals surface area contributed by atoms with Gasteiger partial charge in [0.2, 0.25) is 0 Å². The summed E-state index contributed by atoms with van der Waals surface area (Å²) in [5.74, 6) is 0.123. The highest BCUT2D eigenvalue weighted by molar-refractivity contribution is 5.62. The highest BCUT2D eigenvalue weighted by atomic mass is 16.7. The first-order chi connectivity index (χ1) is 6.00. The number of ether oxygens (including phenoxy) is 2. The van der Waals surface area contributed by atoms with Gasteiger partial charge < -0.3 is 19.4 Å². The first-order valence-electron chi connectivity index (χ1n) is 4.46. The van der Waals surface area contributed by atoms with E-state index < -0.39 is 17.5 Å². The van der Waals surface area contributed by atoms with E-state index in [4.69, 9.17) is 9.47 Å². The smallest absolute Gasteiger partial charge is 0.184 e. The molecule has 2 saturated heterocycles. The molecule has 0 saturated carbocycles. The summed E-state index contributed by atoms with van der Waals surface area (Å²) in [5, 5.41) is 9.52. The van der Waals surface area contributed by atoms with Crippen LogP contribution in [0.4, 0.5) is 0 Å². The number of carbonyl (C=O) groups is 1. The Morgan fingerprint density at radius 2 is 2.23 bits per heavy atom. The number of aliphatic hydroxyl groups excluding tert-OH is 1. The summed E-state index contributed by atoms with van der Waals surface area (Å²) in [6, 6.07) is 0. The monoisotopic (exact) mass is 186 g/mol.